The zero-order chi connectivity index (χ0) is 14.2. The van der Waals surface area contributed by atoms with Crippen molar-refractivity contribution in [1.29, 1.82) is 0 Å². The Morgan fingerprint density at radius 1 is 1.30 bits per heavy atom. The fraction of sp³-hybridized carbons (Fsp3) is 0.471. The number of nitrogens with zero attached hydrogens (tertiary/aromatic N) is 2. The number of aliphatic hydroxyl groups is 1. The molecule has 0 saturated heterocycles. The molecule has 1 N–H and O–H groups in total. The van der Waals surface area contributed by atoms with Crippen molar-refractivity contribution in [2.45, 2.75) is 44.1 Å². The number of hydrogen-bond acceptors (Lipinski definition) is 2. The molecule has 3 nitrogen and oxygen atoms in total. The Bertz CT molecular complexity index is 584. The number of rotatable bonds is 5. The Kier molecular flexibility index (Phi) is 3.38. The zero-order valence-electron chi connectivity index (χ0n) is 12.2. The Labute approximate surface area is 120 Å². The predicted octanol–water partition coefficient (Wildman–Crippen LogP) is 2.62. The molecule has 1 aromatic heterocycles. The summed E-state index contributed by atoms with van der Waals surface area (Å²) >= 11 is 0. The van der Waals surface area contributed by atoms with Crippen LogP contribution in [0.3, 0.4) is 0 Å². The highest BCUT2D eigenvalue weighted by Gasteiger charge is 2.50. The van der Waals surface area contributed by atoms with Gasteiger partial charge in [0.15, 0.2) is 0 Å². The molecule has 1 heterocycles. The Morgan fingerprint density at radius 2 is 2.00 bits per heavy atom. The molecule has 1 unspecified atom stereocenters. The summed E-state index contributed by atoms with van der Waals surface area (Å²) in [6.45, 7) is 2.11. The first kappa shape index (κ1) is 13.4. The first-order valence-electron chi connectivity index (χ1n) is 7.41. The lowest BCUT2D eigenvalue weighted by Gasteiger charge is -2.22. The van der Waals surface area contributed by atoms with Gasteiger partial charge in [-0.05, 0) is 30.9 Å². The maximum absolute atomic E-state index is 10.7. The van der Waals surface area contributed by atoms with E-state index < -0.39 is 0 Å². The summed E-state index contributed by atoms with van der Waals surface area (Å²) in [5.41, 5.74) is 3.46. The van der Waals surface area contributed by atoms with Crippen LogP contribution in [0.2, 0.25) is 0 Å². The SMILES string of the molecule is CCc1cc(CC(O)C2(c3ccccc3)CC2)n(C)n1. The molecule has 0 radical (unpaired) electrons. The lowest BCUT2D eigenvalue weighted by Crippen LogP contribution is -2.29. The van der Waals surface area contributed by atoms with Gasteiger partial charge in [-0.25, -0.2) is 0 Å². The second kappa shape index (κ2) is 5.06. The summed E-state index contributed by atoms with van der Waals surface area (Å²) in [6.07, 6.45) is 3.45. The van der Waals surface area contributed by atoms with Crippen molar-refractivity contribution in [3.8, 4) is 0 Å². The largest absolute Gasteiger partial charge is 0.392 e. The van der Waals surface area contributed by atoms with Gasteiger partial charge in [-0.3, -0.25) is 4.68 Å². The molecule has 0 spiro atoms. The highest BCUT2D eigenvalue weighted by molar-refractivity contribution is 5.33. The van der Waals surface area contributed by atoms with Gasteiger partial charge < -0.3 is 5.11 Å². The van der Waals surface area contributed by atoms with Crippen LogP contribution in [0, 0.1) is 0 Å². The van der Waals surface area contributed by atoms with Crippen LogP contribution in [0.15, 0.2) is 36.4 Å². The average Bonchev–Trinajstić information content (AvgIpc) is 3.21. The molecule has 2 aromatic rings. The van der Waals surface area contributed by atoms with Crippen molar-refractivity contribution < 1.29 is 5.11 Å². The van der Waals surface area contributed by atoms with E-state index in [1.54, 1.807) is 0 Å². The molecule has 106 valence electrons. The maximum atomic E-state index is 10.7. The zero-order valence-corrected chi connectivity index (χ0v) is 12.2. The van der Waals surface area contributed by atoms with E-state index in [1.165, 1.54) is 5.56 Å². The van der Waals surface area contributed by atoms with Crippen molar-refractivity contribution >= 4 is 0 Å². The van der Waals surface area contributed by atoms with Crippen molar-refractivity contribution in [1.82, 2.24) is 9.78 Å². The standard InChI is InChI=1S/C17H22N2O/c1-3-14-11-15(19(2)18-14)12-16(20)17(9-10-17)13-7-5-4-6-8-13/h4-8,11,16,20H,3,9-10,12H2,1-2H3. The molecule has 3 rings (SSSR count). The lowest BCUT2D eigenvalue weighted by molar-refractivity contribution is 0.129. The van der Waals surface area contributed by atoms with Crippen molar-refractivity contribution in [3.05, 3.63) is 53.3 Å². The van der Waals surface area contributed by atoms with Gasteiger partial charge in [0.2, 0.25) is 0 Å². The molecule has 1 saturated carbocycles. The topological polar surface area (TPSA) is 38.0 Å². The van der Waals surface area contributed by atoms with E-state index in [0.29, 0.717) is 6.42 Å². The third-order valence-corrected chi connectivity index (χ3v) is 4.57. The third-order valence-electron chi connectivity index (χ3n) is 4.57. The van der Waals surface area contributed by atoms with E-state index in [2.05, 4.69) is 42.4 Å². The molecular weight excluding hydrogens is 248 g/mol. The normalized spacial score (nSPS) is 17.9. The van der Waals surface area contributed by atoms with E-state index >= 15 is 0 Å². The Balaban J connectivity index is 1.79. The molecule has 1 aromatic carbocycles. The van der Waals surface area contributed by atoms with Gasteiger partial charge in [-0.1, -0.05) is 37.3 Å². The minimum Gasteiger partial charge on any atom is -0.392 e. The Morgan fingerprint density at radius 3 is 2.55 bits per heavy atom. The number of aliphatic hydroxyl groups excluding tert-OH is 1. The summed E-state index contributed by atoms with van der Waals surface area (Å²) in [4.78, 5) is 0. The van der Waals surface area contributed by atoms with Crippen LogP contribution < -0.4 is 0 Å². The average molecular weight is 270 g/mol. The summed E-state index contributed by atoms with van der Waals surface area (Å²) in [6, 6.07) is 12.5. The van der Waals surface area contributed by atoms with Gasteiger partial charge in [0.25, 0.3) is 0 Å². The molecule has 0 bridgehead atoms. The molecular formula is C17H22N2O. The maximum Gasteiger partial charge on any atom is 0.0692 e. The molecule has 0 aliphatic heterocycles. The molecule has 20 heavy (non-hydrogen) atoms. The van der Waals surface area contributed by atoms with Crippen LogP contribution in [0.25, 0.3) is 0 Å². The Hall–Kier alpha value is -1.61. The molecule has 1 aliphatic carbocycles. The number of aryl methyl sites for hydroxylation is 2. The van der Waals surface area contributed by atoms with Crippen molar-refractivity contribution in [2.75, 3.05) is 0 Å². The fourth-order valence-corrected chi connectivity index (χ4v) is 3.05. The van der Waals surface area contributed by atoms with Crippen molar-refractivity contribution in [3.63, 3.8) is 0 Å². The fourth-order valence-electron chi connectivity index (χ4n) is 3.05. The monoisotopic (exact) mass is 270 g/mol. The third kappa shape index (κ3) is 2.27. The second-order valence-corrected chi connectivity index (χ2v) is 5.85. The molecule has 1 fully saturated rings. The highest BCUT2D eigenvalue weighted by Crippen LogP contribution is 2.51. The van der Waals surface area contributed by atoms with Crippen LogP contribution >= 0.6 is 0 Å². The van der Waals surface area contributed by atoms with Gasteiger partial charge in [0.1, 0.15) is 0 Å². The van der Waals surface area contributed by atoms with Crippen LogP contribution in [-0.4, -0.2) is 21.0 Å². The number of hydrogen-bond donors (Lipinski definition) is 1. The minimum absolute atomic E-state index is 0.0299. The van der Waals surface area contributed by atoms with Gasteiger partial charge in [0.05, 0.1) is 11.8 Å². The lowest BCUT2D eigenvalue weighted by atomic mass is 9.87. The van der Waals surface area contributed by atoms with Crippen LogP contribution in [-0.2, 0) is 25.3 Å². The van der Waals surface area contributed by atoms with E-state index in [0.717, 1.165) is 30.7 Å². The molecule has 1 atom stereocenters. The van der Waals surface area contributed by atoms with Gasteiger partial charge in [-0.15, -0.1) is 0 Å². The van der Waals surface area contributed by atoms with Crippen LogP contribution in [0.5, 0.6) is 0 Å². The summed E-state index contributed by atoms with van der Waals surface area (Å²) in [7, 11) is 1.96. The first-order chi connectivity index (χ1) is 9.65. The van der Waals surface area contributed by atoms with Crippen LogP contribution in [0.1, 0.15) is 36.7 Å². The van der Waals surface area contributed by atoms with Gasteiger partial charge >= 0.3 is 0 Å². The molecule has 1 aliphatic rings. The van der Waals surface area contributed by atoms with Crippen molar-refractivity contribution in [2.24, 2.45) is 7.05 Å². The van der Waals surface area contributed by atoms with Gasteiger partial charge in [0, 0.05) is 24.6 Å². The predicted molar refractivity (Wildman–Crippen MR) is 79.7 cm³/mol. The van der Waals surface area contributed by atoms with Crippen LogP contribution in [0.4, 0.5) is 0 Å². The summed E-state index contributed by atoms with van der Waals surface area (Å²) in [5, 5.41) is 15.2. The number of aromatic nitrogens is 2. The van der Waals surface area contributed by atoms with E-state index in [1.807, 2.05) is 17.8 Å². The minimum atomic E-state index is -0.329. The highest BCUT2D eigenvalue weighted by atomic mass is 16.3. The van der Waals surface area contributed by atoms with E-state index in [9.17, 15) is 5.11 Å². The summed E-state index contributed by atoms with van der Waals surface area (Å²) < 4.78 is 1.91. The molecule has 3 heteroatoms. The van der Waals surface area contributed by atoms with E-state index in [4.69, 9.17) is 0 Å². The second-order valence-electron chi connectivity index (χ2n) is 5.85. The quantitative estimate of drug-likeness (QED) is 0.907. The van der Waals surface area contributed by atoms with E-state index in [-0.39, 0.29) is 11.5 Å². The number of benzene rings is 1. The van der Waals surface area contributed by atoms with Gasteiger partial charge in [-0.2, -0.15) is 5.10 Å². The first-order valence-corrected chi connectivity index (χ1v) is 7.41. The summed E-state index contributed by atoms with van der Waals surface area (Å²) in [5.74, 6) is 0. The molecule has 0 amide bonds. The smallest absolute Gasteiger partial charge is 0.0692 e.